The summed E-state index contributed by atoms with van der Waals surface area (Å²) in [5, 5.41) is 0. The molecule has 0 spiro atoms. The lowest BCUT2D eigenvalue weighted by Crippen LogP contribution is -2.04. The normalized spacial score (nSPS) is 10.2. The highest BCUT2D eigenvalue weighted by Crippen LogP contribution is 1.93. The zero-order valence-corrected chi connectivity index (χ0v) is 6.94. The summed E-state index contributed by atoms with van der Waals surface area (Å²) < 4.78 is 5.30. The molecule has 62 valence electrons. The molecule has 0 radical (unpaired) electrons. The van der Waals surface area contributed by atoms with Crippen molar-refractivity contribution in [2.24, 2.45) is 5.73 Å². The largest absolute Gasteiger partial charge is 0.381 e. The van der Waals surface area contributed by atoms with Crippen molar-refractivity contribution in [3.63, 3.8) is 0 Å². The molecule has 10 heavy (non-hydrogen) atoms. The van der Waals surface area contributed by atoms with E-state index in [-0.39, 0.29) is 0 Å². The minimum atomic E-state index is 0.744. The standard InChI is InChI=1S/C8H19NO/c1-2-3-4-7-10-8-5-6-9/h2-9H2,1H3. The van der Waals surface area contributed by atoms with Gasteiger partial charge in [-0.2, -0.15) is 0 Å². The Morgan fingerprint density at radius 2 is 1.80 bits per heavy atom. The monoisotopic (exact) mass is 145 g/mol. The van der Waals surface area contributed by atoms with E-state index >= 15 is 0 Å². The van der Waals surface area contributed by atoms with Gasteiger partial charge in [-0.1, -0.05) is 19.8 Å². The van der Waals surface area contributed by atoms with Crippen LogP contribution in [0, 0.1) is 0 Å². The minimum absolute atomic E-state index is 0.744. The van der Waals surface area contributed by atoms with E-state index in [0.29, 0.717) is 0 Å². The molecule has 0 aliphatic carbocycles. The third-order valence-corrected chi connectivity index (χ3v) is 1.39. The quantitative estimate of drug-likeness (QED) is 0.551. The lowest BCUT2D eigenvalue weighted by atomic mass is 10.3. The molecular formula is C8H19NO. The van der Waals surface area contributed by atoms with Crippen molar-refractivity contribution in [3.05, 3.63) is 0 Å². The molecule has 0 bridgehead atoms. The van der Waals surface area contributed by atoms with Gasteiger partial charge in [-0.3, -0.25) is 0 Å². The van der Waals surface area contributed by atoms with Gasteiger partial charge in [0.25, 0.3) is 0 Å². The second-order valence-electron chi connectivity index (χ2n) is 2.46. The molecule has 0 aliphatic heterocycles. The SMILES string of the molecule is CCCCCOCCCN. The molecule has 2 heteroatoms. The fourth-order valence-corrected chi connectivity index (χ4v) is 0.742. The van der Waals surface area contributed by atoms with Crippen LogP contribution in [-0.2, 0) is 4.74 Å². The third kappa shape index (κ3) is 7.92. The van der Waals surface area contributed by atoms with Crippen molar-refractivity contribution in [2.45, 2.75) is 32.6 Å². The van der Waals surface area contributed by atoms with E-state index in [1.54, 1.807) is 0 Å². The van der Waals surface area contributed by atoms with E-state index in [0.717, 1.165) is 26.2 Å². The van der Waals surface area contributed by atoms with Crippen LogP contribution in [0.5, 0.6) is 0 Å². The maximum atomic E-state index is 5.30. The Labute approximate surface area is 63.7 Å². The van der Waals surface area contributed by atoms with Crippen molar-refractivity contribution < 1.29 is 4.74 Å². The van der Waals surface area contributed by atoms with Crippen LogP contribution in [0.25, 0.3) is 0 Å². The molecule has 0 aromatic heterocycles. The van der Waals surface area contributed by atoms with Gasteiger partial charge in [0.2, 0.25) is 0 Å². The number of unbranched alkanes of at least 4 members (excludes halogenated alkanes) is 2. The fraction of sp³-hybridized carbons (Fsp3) is 1.00. The molecule has 0 amide bonds. The van der Waals surface area contributed by atoms with Crippen LogP contribution in [0.2, 0.25) is 0 Å². The summed E-state index contributed by atoms with van der Waals surface area (Å²) in [6.45, 7) is 4.68. The van der Waals surface area contributed by atoms with Gasteiger partial charge < -0.3 is 10.5 Å². The minimum Gasteiger partial charge on any atom is -0.381 e. The van der Waals surface area contributed by atoms with Crippen LogP contribution in [0.1, 0.15) is 32.6 Å². The number of nitrogens with two attached hydrogens (primary N) is 1. The summed E-state index contributed by atoms with van der Waals surface area (Å²) in [4.78, 5) is 0. The van der Waals surface area contributed by atoms with E-state index in [1.807, 2.05) is 0 Å². The first-order valence-electron chi connectivity index (χ1n) is 4.19. The Hall–Kier alpha value is -0.0800. The summed E-state index contributed by atoms with van der Waals surface area (Å²) in [5.74, 6) is 0. The van der Waals surface area contributed by atoms with Crippen molar-refractivity contribution in [3.8, 4) is 0 Å². The Morgan fingerprint density at radius 1 is 1.10 bits per heavy atom. The zero-order valence-electron chi connectivity index (χ0n) is 6.94. The summed E-state index contributed by atoms with van der Waals surface area (Å²) in [5.41, 5.74) is 5.29. The summed E-state index contributed by atoms with van der Waals surface area (Å²) in [6, 6.07) is 0. The molecule has 0 aliphatic rings. The van der Waals surface area contributed by atoms with Gasteiger partial charge in [-0.05, 0) is 19.4 Å². The van der Waals surface area contributed by atoms with Gasteiger partial charge in [0, 0.05) is 13.2 Å². The smallest absolute Gasteiger partial charge is 0.0478 e. The van der Waals surface area contributed by atoms with Crippen LogP contribution in [0.4, 0.5) is 0 Å². The zero-order chi connectivity index (χ0) is 7.66. The van der Waals surface area contributed by atoms with Crippen LogP contribution >= 0.6 is 0 Å². The molecule has 0 fully saturated rings. The van der Waals surface area contributed by atoms with Crippen molar-refractivity contribution >= 4 is 0 Å². The Bertz CT molecular complexity index is 49.2. The van der Waals surface area contributed by atoms with Crippen LogP contribution < -0.4 is 5.73 Å². The molecule has 0 aromatic carbocycles. The number of hydrogen-bond donors (Lipinski definition) is 1. The first kappa shape index (κ1) is 9.92. The number of hydrogen-bond acceptors (Lipinski definition) is 2. The number of ether oxygens (including phenoxy) is 1. The van der Waals surface area contributed by atoms with Crippen molar-refractivity contribution in [1.29, 1.82) is 0 Å². The maximum Gasteiger partial charge on any atom is 0.0478 e. The van der Waals surface area contributed by atoms with E-state index in [1.165, 1.54) is 19.3 Å². The third-order valence-electron chi connectivity index (χ3n) is 1.39. The molecule has 0 aromatic rings. The molecular weight excluding hydrogens is 126 g/mol. The summed E-state index contributed by atoms with van der Waals surface area (Å²) in [6.07, 6.45) is 4.73. The van der Waals surface area contributed by atoms with Gasteiger partial charge >= 0.3 is 0 Å². The molecule has 0 heterocycles. The topological polar surface area (TPSA) is 35.2 Å². The first-order valence-corrected chi connectivity index (χ1v) is 4.19. The predicted molar refractivity (Wildman–Crippen MR) is 44.0 cm³/mol. The first-order chi connectivity index (χ1) is 4.91. The maximum absolute atomic E-state index is 5.30. The van der Waals surface area contributed by atoms with Crippen molar-refractivity contribution in [2.75, 3.05) is 19.8 Å². The van der Waals surface area contributed by atoms with Gasteiger partial charge in [0.15, 0.2) is 0 Å². The molecule has 0 atom stereocenters. The van der Waals surface area contributed by atoms with Gasteiger partial charge in [-0.25, -0.2) is 0 Å². The van der Waals surface area contributed by atoms with Crippen molar-refractivity contribution in [1.82, 2.24) is 0 Å². The van der Waals surface area contributed by atoms with Gasteiger partial charge in [-0.15, -0.1) is 0 Å². The highest BCUT2D eigenvalue weighted by Gasteiger charge is 1.86. The van der Waals surface area contributed by atoms with E-state index < -0.39 is 0 Å². The average Bonchev–Trinajstić information content (AvgIpc) is 1.97. The lowest BCUT2D eigenvalue weighted by molar-refractivity contribution is 0.129. The summed E-state index contributed by atoms with van der Waals surface area (Å²) in [7, 11) is 0. The predicted octanol–water partition coefficient (Wildman–Crippen LogP) is 1.54. The average molecular weight is 145 g/mol. The second-order valence-corrected chi connectivity index (χ2v) is 2.46. The van der Waals surface area contributed by atoms with Gasteiger partial charge in [0.05, 0.1) is 0 Å². The molecule has 0 saturated carbocycles. The highest BCUT2D eigenvalue weighted by atomic mass is 16.5. The Kier molecular flexibility index (Phi) is 8.85. The summed E-state index contributed by atoms with van der Waals surface area (Å²) >= 11 is 0. The fourth-order valence-electron chi connectivity index (χ4n) is 0.742. The highest BCUT2D eigenvalue weighted by molar-refractivity contribution is 4.38. The molecule has 2 N–H and O–H groups in total. The second kappa shape index (κ2) is 8.92. The van der Waals surface area contributed by atoms with Crippen LogP contribution in [-0.4, -0.2) is 19.8 Å². The molecule has 2 nitrogen and oxygen atoms in total. The number of rotatable bonds is 7. The Morgan fingerprint density at radius 3 is 2.40 bits per heavy atom. The van der Waals surface area contributed by atoms with E-state index in [9.17, 15) is 0 Å². The lowest BCUT2D eigenvalue weighted by Gasteiger charge is -2.00. The van der Waals surface area contributed by atoms with E-state index in [2.05, 4.69) is 6.92 Å². The van der Waals surface area contributed by atoms with Gasteiger partial charge in [0.1, 0.15) is 0 Å². The Balaban J connectivity index is 2.65. The van der Waals surface area contributed by atoms with Crippen LogP contribution in [0.3, 0.4) is 0 Å². The molecule has 0 unspecified atom stereocenters. The molecule has 0 rings (SSSR count). The van der Waals surface area contributed by atoms with E-state index in [4.69, 9.17) is 10.5 Å². The van der Waals surface area contributed by atoms with Crippen LogP contribution in [0.15, 0.2) is 0 Å². The molecule has 0 saturated heterocycles.